The number of rotatable bonds is 4. The Morgan fingerprint density at radius 2 is 1.48 bits per heavy atom. The fraction of sp³-hybridized carbons (Fsp3) is 0.560. The highest BCUT2D eigenvalue weighted by Crippen LogP contribution is 2.40. The molecule has 1 aliphatic heterocycles. The van der Waals surface area contributed by atoms with Crippen LogP contribution in [-0.2, 0) is 5.54 Å². The summed E-state index contributed by atoms with van der Waals surface area (Å²) in [5.41, 5.74) is 3.39. The minimum atomic E-state index is -0.252. The predicted octanol–water partition coefficient (Wildman–Crippen LogP) is 4.24. The number of carbonyl (C=O) groups excluding carboxylic acids is 2. The standard InChI is InChI=1S/C25H34N4O2/c1-17(2)18-6-10-20(11-7-18)23(30)27-12-14-28(15-13-27)24(31)22-16-21(19-8-9-19)26-29(22)25(3,4)5/h6-7,10-11,16-17,19H,8-9,12-15H2,1-5H3. The largest absolute Gasteiger partial charge is 0.335 e. The van der Waals surface area contributed by atoms with E-state index >= 15 is 0 Å². The van der Waals surface area contributed by atoms with E-state index in [1.807, 2.05) is 44.8 Å². The molecular formula is C25H34N4O2. The van der Waals surface area contributed by atoms with Gasteiger partial charge in [-0.25, -0.2) is 0 Å². The molecule has 2 amide bonds. The number of hydrogen-bond acceptors (Lipinski definition) is 3. The van der Waals surface area contributed by atoms with Gasteiger partial charge in [-0.1, -0.05) is 26.0 Å². The molecule has 1 aromatic heterocycles. The minimum absolute atomic E-state index is 0.0164. The molecule has 1 saturated carbocycles. The molecule has 0 unspecified atom stereocenters. The lowest BCUT2D eigenvalue weighted by Gasteiger charge is -2.35. The van der Waals surface area contributed by atoms with Gasteiger partial charge in [0.2, 0.25) is 0 Å². The van der Waals surface area contributed by atoms with Crippen molar-refractivity contribution >= 4 is 11.8 Å². The molecule has 0 N–H and O–H groups in total. The molecule has 0 bridgehead atoms. The van der Waals surface area contributed by atoms with Crippen molar-refractivity contribution in [3.8, 4) is 0 Å². The van der Waals surface area contributed by atoms with Gasteiger partial charge in [-0.05, 0) is 63.3 Å². The van der Waals surface area contributed by atoms with Gasteiger partial charge in [-0.2, -0.15) is 5.10 Å². The van der Waals surface area contributed by atoms with Crippen LogP contribution < -0.4 is 0 Å². The summed E-state index contributed by atoms with van der Waals surface area (Å²) in [6.07, 6.45) is 2.32. The Balaban J connectivity index is 1.43. The first-order valence-electron chi connectivity index (χ1n) is 11.4. The van der Waals surface area contributed by atoms with Crippen molar-refractivity contribution in [2.75, 3.05) is 26.2 Å². The lowest BCUT2D eigenvalue weighted by atomic mass is 10.0. The van der Waals surface area contributed by atoms with Gasteiger partial charge in [0.05, 0.1) is 11.2 Å². The van der Waals surface area contributed by atoms with E-state index in [2.05, 4.69) is 34.6 Å². The Labute approximate surface area is 185 Å². The maximum Gasteiger partial charge on any atom is 0.272 e. The summed E-state index contributed by atoms with van der Waals surface area (Å²) in [4.78, 5) is 30.0. The van der Waals surface area contributed by atoms with Gasteiger partial charge < -0.3 is 9.80 Å². The van der Waals surface area contributed by atoms with Crippen LogP contribution >= 0.6 is 0 Å². The molecular weight excluding hydrogens is 388 g/mol. The molecule has 0 spiro atoms. The van der Waals surface area contributed by atoms with Crippen LogP contribution in [0.5, 0.6) is 0 Å². The van der Waals surface area contributed by atoms with E-state index in [1.54, 1.807) is 0 Å². The smallest absolute Gasteiger partial charge is 0.272 e. The summed E-state index contributed by atoms with van der Waals surface area (Å²) < 4.78 is 1.89. The topological polar surface area (TPSA) is 58.4 Å². The highest BCUT2D eigenvalue weighted by molar-refractivity contribution is 5.95. The second-order valence-corrected chi connectivity index (χ2v) is 10.2. The number of piperazine rings is 1. The van der Waals surface area contributed by atoms with Gasteiger partial charge >= 0.3 is 0 Å². The van der Waals surface area contributed by atoms with Crippen molar-refractivity contribution in [2.24, 2.45) is 0 Å². The lowest BCUT2D eigenvalue weighted by Crippen LogP contribution is -2.51. The normalized spacial score (nSPS) is 17.4. The summed E-state index contributed by atoms with van der Waals surface area (Å²) in [6.45, 7) is 12.7. The quantitative estimate of drug-likeness (QED) is 0.741. The molecule has 31 heavy (non-hydrogen) atoms. The minimum Gasteiger partial charge on any atom is -0.335 e. The van der Waals surface area contributed by atoms with Crippen LogP contribution in [0, 0.1) is 0 Å². The van der Waals surface area contributed by atoms with Gasteiger partial charge in [-0.3, -0.25) is 14.3 Å². The van der Waals surface area contributed by atoms with Crippen LogP contribution in [0.4, 0.5) is 0 Å². The van der Waals surface area contributed by atoms with Crippen LogP contribution in [0.25, 0.3) is 0 Å². The summed E-state index contributed by atoms with van der Waals surface area (Å²) >= 11 is 0. The summed E-state index contributed by atoms with van der Waals surface area (Å²) in [5.74, 6) is 1.01. The Hall–Kier alpha value is -2.63. The molecule has 1 aliphatic carbocycles. The van der Waals surface area contributed by atoms with Crippen molar-refractivity contribution in [3.05, 3.63) is 52.8 Å². The molecule has 0 atom stereocenters. The van der Waals surface area contributed by atoms with E-state index in [0.717, 1.165) is 18.5 Å². The van der Waals surface area contributed by atoms with Crippen molar-refractivity contribution in [1.82, 2.24) is 19.6 Å². The fourth-order valence-electron chi connectivity index (χ4n) is 4.11. The molecule has 166 valence electrons. The van der Waals surface area contributed by atoms with Gasteiger partial charge in [0.15, 0.2) is 0 Å². The van der Waals surface area contributed by atoms with E-state index in [4.69, 9.17) is 5.10 Å². The molecule has 1 aromatic carbocycles. The molecule has 0 radical (unpaired) electrons. The molecule has 6 heteroatoms. The maximum atomic E-state index is 13.3. The zero-order valence-corrected chi connectivity index (χ0v) is 19.4. The average molecular weight is 423 g/mol. The number of nitrogens with zero attached hydrogens (tertiary/aromatic N) is 4. The van der Waals surface area contributed by atoms with Gasteiger partial charge in [0.1, 0.15) is 5.69 Å². The third kappa shape index (κ3) is 4.53. The number of aromatic nitrogens is 2. The molecule has 2 aromatic rings. The number of amides is 2. The summed E-state index contributed by atoms with van der Waals surface area (Å²) in [7, 11) is 0. The van der Waals surface area contributed by atoms with Gasteiger partial charge in [0, 0.05) is 37.7 Å². The molecule has 1 saturated heterocycles. The van der Waals surface area contributed by atoms with Gasteiger partial charge in [-0.15, -0.1) is 0 Å². The molecule has 2 aliphatic rings. The first-order valence-corrected chi connectivity index (χ1v) is 11.4. The van der Waals surface area contributed by atoms with Gasteiger partial charge in [0.25, 0.3) is 11.8 Å². The number of carbonyl (C=O) groups is 2. The van der Waals surface area contributed by atoms with Crippen molar-refractivity contribution in [3.63, 3.8) is 0 Å². The van der Waals surface area contributed by atoms with Crippen LogP contribution in [-0.4, -0.2) is 57.6 Å². The Morgan fingerprint density at radius 1 is 0.935 bits per heavy atom. The first kappa shape index (κ1) is 21.6. The van der Waals surface area contributed by atoms with Crippen LogP contribution in [0.2, 0.25) is 0 Å². The number of hydrogen-bond donors (Lipinski definition) is 0. The Bertz CT molecular complexity index is 956. The highest BCUT2D eigenvalue weighted by atomic mass is 16.2. The van der Waals surface area contributed by atoms with E-state index in [9.17, 15) is 9.59 Å². The summed E-state index contributed by atoms with van der Waals surface area (Å²) in [5, 5.41) is 4.77. The summed E-state index contributed by atoms with van der Waals surface area (Å²) in [6, 6.07) is 9.87. The van der Waals surface area contributed by atoms with Crippen molar-refractivity contribution < 1.29 is 9.59 Å². The van der Waals surface area contributed by atoms with E-state index < -0.39 is 0 Å². The third-order valence-corrected chi connectivity index (χ3v) is 6.26. The Kier molecular flexibility index (Phi) is 5.67. The monoisotopic (exact) mass is 422 g/mol. The lowest BCUT2D eigenvalue weighted by molar-refractivity contribution is 0.0525. The maximum absolute atomic E-state index is 13.3. The second kappa shape index (κ2) is 8.13. The average Bonchev–Trinajstić information content (AvgIpc) is 3.50. The fourth-order valence-corrected chi connectivity index (χ4v) is 4.11. The van der Waals surface area contributed by atoms with Crippen molar-refractivity contribution in [2.45, 2.75) is 64.8 Å². The van der Waals surface area contributed by atoms with E-state index in [0.29, 0.717) is 49.3 Å². The van der Waals surface area contributed by atoms with E-state index in [1.165, 1.54) is 5.56 Å². The first-order chi connectivity index (χ1) is 14.6. The van der Waals surface area contributed by atoms with Crippen molar-refractivity contribution in [1.29, 1.82) is 0 Å². The molecule has 6 nitrogen and oxygen atoms in total. The SMILES string of the molecule is CC(C)c1ccc(C(=O)N2CCN(C(=O)c3cc(C4CC4)nn3C(C)(C)C)CC2)cc1. The zero-order chi connectivity index (χ0) is 22.3. The third-order valence-electron chi connectivity index (χ3n) is 6.26. The second-order valence-electron chi connectivity index (χ2n) is 10.2. The molecule has 2 heterocycles. The van der Waals surface area contributed by atoms with Crippen LogP contribution in [0.3, 0.4) is 0 Å². The molecule has 2 fully saturated rings. The molecule has 4 rings (SSSR count). The van der Waals surface area contributed by atoms with Crippen LogP contribution in [0.1, 0.15) is 91.4 Å². The van der Waals surface area contributed by atoms with E-state index in [-0.39, 0.29) is 17.4 Å². The number of benzene rings is 1. The van der Waals surface area contributed by atoms with Crippen LogP contribution in [0.15, 0.2) is 30.3 Å². The predicted molar refractivity (Wildman–Crippen MR) is 122 cm³/mol. The highest BCUT2D eigenvalue weighted by Gasteiger charge is 2.34. The zero-order valence-electron chi connectivity index (χ0n) is 19.4. The Morgan fingerprint density at radius 3 is 1.97 bits per heavy atom.